The van der Waals surface area contributed by atoms with Crippen molar-refractivity contribution in [3.05, 3.63) is 417 Å². The van der Waals surface area contributed by atoms with Crippen LogP contribution in [0, 0.1) is 69.2 Å². The van der Waals surface area contributed by atoms with Crippen molar-refractivity contribution in [3.63, 3.8) is 0 Å². The fourth-order valence-corrected chi connectivity index (χ4v) is 31.5. The van der Waals surface area contributed by atoms with E-state index in [0.717, 1.165) is 28.7 Å². The number of benzene rings is 15. The highest BCUT2D eigenvalue weighted by molar-refractivity contribution is 7.70. The molecule has 15 aromatic carbocycles. The van der Waals surface area contributed by atoms with E-state index in [-0.39, 0.29) is 45.0 Å². The molecule has 0 aromatic heterocycles. The van der Waals surface area contributed by atoms with Gasteiger partial charge < -0.3 is 23.7 Å². The predicted octanol–water partition coefficient (Wildman–Crippen LogP) is 25.7. The Morgan fingerprint density at radius 1 is 0.209 bits per heavy atom. The first-order valence-electron chi connectivity index (χ1n) is 46.0. The fourth-order valence-electron chi connectivity index (χ4n) is 15.6. The average molecular weight is 1960 g/mol. The number of para-hydroxylation sites is 2. The maximum atomic E-state index is 6.56. The Bertz CT molecular complexity index is 6200. The summed E-state index contributed by atoms with van der Waals surface area (Å²) in [6, 6.07) is 116. The minimum absolute atomic E-state index is 0.0218. The molecular weight excluding hydrogens is 1820 g/mol. The second kappa shape index (κ2) is 53.0. The Kier molecular flexibility index (Phi) is 41.9. The molecule has 0 amide bonds. The summed E-state index contributed by atoms with van der Waals surface area (Å²) in [5.74, 6) is 5.16. The number of hydrogen-bond acceptors (Lipinski definition) is 5. The topological polar surface area (TPSA) is 46.2 Å². The largest absolute Gasteiger partial charge is 0.488 e. The van der Waals surface area contributed by atoms with Crippen molar-refractivity contribution in [2.75, 3.05) is 66.6 Å². The van der Waals surface area contributed by atoms with Crippen LogP contribution in [0.3, 0.4) is 0 Å². The lowest BCUT2D eigenvalue weighted by molar-refractivity contribution is 0.300. The molecule has 15 rings (SSSR count). The molecular formula is C119H138O5P10. The van der Waals surface area contributed by atoms with Gasteiger partial charge in [0.1, 0.15) is 61.8 Å². The van der Waals surface area contributed by atoms with Crippen molar-refractivity contribution in [1.29, 1.82) is 0 Å². The van der Waals surface area contributed by atoms with Gasteiger partial charge in [-0.1, -0.05) is 406 Å². The summed E-state index contributed by atoms with van der Waals surface area (Å²) < 4.78 is 31.5. The van der Waals surface area contributed by atoms with Gasteiger partial charge in [-0.3, -0.25) is 0 Å². The van der Waals surface area contributed by atoms with Crippen LogP contribution in [0.1, 0.15) is 110 Å². The van der Waals surface area contributed by atoms with E-state index in [9.17, 15) is 0 Å². The van der Waals surface area contributed by atoms with Crippen LogP contribution in [-0.2, 0) is 38.4 Å². The minimum atomic E-state index is -0.154. The highest BCUT2D eigenvalue weighted by Crippen LogP contribution is 2.39. The molecule has 0 aliphatic carbocycles. The van der Waals surface area contributed by atoms with E-state index in [2.05, 4.69) is 460 Å². The second-order valence-electron chi connectivity index (χ2n) is 36.2. The van der Waals surface area contributed by atoms with Gasteiger partial charge in [0.25, 0.3) is 0 Å². The Hall–Kier alpha value is -8.40. The molecule has 0 fully saturated rings. The van der Waals surface area contributed by atoms with Crippen molar-refractivity contribution >= 4 is 162 Å². The van der Waals surface area contributed by atoms with E-state index < -0.39 is 0 Å². The molecule has 0 aliphatic heterocycles. The summed E-state index contributed by atoms with van der Waals surface area (Å²) in [7, 11) is 2.43. The zero-order valence-electron chi connectivity index (χ0n) is 83.0. The van der Waals surface area contributed by atoms with Crippen LogP contribution < -0.4 is 103 Å². The summed E-state index contributed by atoms with van der Waals surface area (Å²) in [6.45, 7) is 55.2. The smallest absolute Gasteiger partial charge is 0.131 e. The standard InChI is InChI=1S/C27H34OP2.C24H28OP2.2C23H26OP2.C22H24OP2/c1-19-16-22(27(3,4)5)25(28-18-21-13-9-8-10-14-21)23(17-19)29-26-20(2)12-11-15-24(26)30(6)7;1-17-14-19(3)23(25-16-20-11-7-6-8-12-20)21(15-17)26-24-18(2)10-9-13-22(24)27(4)5;1-17-10-8-14-20(22(17)24-16-19-12-6-5-7-13-19)25-23-18(2)11-9-15-21(23)26(3)4;1-17-13-14-20(24-16-19-10-6-5-7-11-19)21(15-17)25-23-18(2)9-8-12-22(23)26(3)4;1-17-10-9-15-21(25(2)3)22(17)24-20-14-8-7-13-19(20)23-16-18-11-5-4-6-12-18/h8-17,29H,18H2,1-7H3;6-15,26H,16H2,1-5H3;2*5-15,25H,16H2,1-4H3;4-15,24H,16H2,1-3H3. The van der Waals surface area contributed by atoms with Crippen molar-refractivity contribution in [2.24, 2.45) is 0 Å². The van der Waals surface area contributed by atoms with Crippen molar-refractivity contribution in [1.82, 2.24) is 0 Å². The third-order valence-electron chi connectivity index (χ3n) is 22.8. The van der Waals surface area contributed by atoms with E-state index in [4.69, 9.17) is 23.7 Å². The van der Waals surface area contributed by atoms with Crippen molar-refractivity contribution < 1.29 is 23.7 Å². The Morgan fingerprint density at radius 2 is 0.470 bits per heavy atom. The van der Waals surface area contributed by atoms with Crippen molar-refractivity contribution in [2.45, 2.75) is 128 Å². The van der Waals surface area contributed by atoms with Gasteiger partial charge in [-0.2, -0.15) is 0 Å². The lowest BCUT2D eigenvalue weighted by Crippen LogP contribution is -2.25. The van der Waals surface area contributed by atoms with Crippen LogP contribution in [-0.4, -0.2) is 66.6 Å². The lowest BCUT2D eigenvalue weighted by Gasteiger charge is -2.26. The highest BCUT2D eigenvalue weighted by atomic mass is 31.1. The number of hydrogen-bond donors (Lipinski definition) is 0. The zero-order chi connectivity index (χ0) is 96.0. The third-order valence-corrected chi connectivity index (χ3v) is 38.4. The SMILES string of the molecule is Cc1cc(C)c(OCc2ccccc2)c(Pc2c(C)cccc2P(C)C)c1.Cc1cc(Pc2c(C)cccc2P(C)C)c(OCc2ccccc2)c(C(C)(C)C)c1.Cc1ccc(OCc2ccccc2)c(Pc2c(C)cccc2P(C)C)c1.Cc1cccc(P(C)C)c1Pc1ccccc1OCc1ccccc1.Cc1cccc(Pc2c(C)cccc2P(C)C)c1OCc1ccccc1. The van der Waals surface area contributed by atoms with E-state index >= 15 is 0 Å². The normalized spacial score (nSPS) is 11.6. The lowest BCUT2D eigenvalue weighted by atomic mass is 9.85. The molecule has 15 heteroatoms. The Morgan fingerprint density at radius 3 is 0.828 bits per heavy atom. The molecule has 0 aliphatic rings. The molecule has 15 aromatic rings. The Labute approximate surface area is 819 Å². The van der Waals surface area contributed by atoms with Gasteiger partial charge >= 0.3 is 0 Å². The van der Waals surface area contributed by atoms with Gasteiger partial charge in [-0.15, -0.1) is 0 Å². The molecule has 5 unspecified atom stereocenters. The van der Waals surface area contributed by atoms with Crippen molar-refractivity contribution in [3.8, 4) is 28.7 Å². The molecule has 0 radical (unpaired) electrons. The first-order chi connectivity index (χ1) is 64.4. The fraction of sp³-hybridized carbons (Fsp3) is 0.244. The first kappa shape index (κ1) is 106. The van der Waals surface area contributed by atoms with Crippen LogP contribution in [0.25, 0.3) is 0 Å². The van der Waals surface area contributed by atoms with Gasteiger partial charge in [-0.05, 0) is 303 Å². The predicted molar refractivity (Wildman–Crippen MR) is 614 cm³/mol. The maximum absolute atomic E-state index is 6.56. The monoisotopic (exact) mass is 1960 g/mol. The highest BCUT2D eigenvalue weighted by Gasteiger charge is 2.26. The van der Waals surface area contributed by atoms with E-state index in [0.29, 0.717) is 75.9 Å². The molecule has 5 atom stereocenters. The van der Waals surface area contributed by atoms with Crippen LogP contribution >= 0.6 is 82.5 Å². The van der Waals surface area contributed by atoms with Gasteiger partial charge in [0.15, 0.2) is 0 Å². The average Bonchev–Trinajstić information content (AvgIpc) is 0.764. The zero-order valence-corrected chi connectivity index (χ0v) is 92.5. The Balaban J connectivity index is 0.000000161. The summed E-state index contributed by atoms with van der Waals surface area (Å²) in [5, 5.41) is 21.5. The second-order valence-corrected chi connectivity index (χ2v) is 54.0. The van der Waals surface area contributed by atoms with Crippen LogP contribution in [0.15, 0.2) is 328 Å². The van der Waals surface area contributed by atoms with Gasteiger partial charge in [-0.25, -0.2) is 0 Å². The summed E-state index contributed by atoms with van der Waals surface area (Å²) >= 11 is 0. The quantitative estimate of drug-likeness (QED) is 0.0420. The van der Waals surface area contributed by atoms with Gasteiger partial charge in [0, 0.05) is 32.1 Å². The molecule has 694 valence electrons. The molecule has 0 saturated heterocycles. The van der Waals surface area contributed by atoms with Crippen LogP contribution in [0.5, 0.6) is 28.7 Å². The van der Waals surface area contributed by atoms with E-state index in [1.165, 1.54) is 169 Å². The van der Waals surface area contributed by atoms with Gasteiger partial charge in [0.2, 0.25) is 0 Å². The molecule has 5 nitrogen and oxygen atoms in total. The molecule has 0 bridgehead atoms. The molecule has 0 saturated carbocycles. The molecule has 0 N–H and O–H groups in total. The van der Waals surface area contributed by atoms with E-state index in [1.807, 2.05) is 24.3 Å². The summed E-state index contributed by atoms with van der Waals surface area (Å²) in [6.07, 6.45) is 0. The third kappa shape index (κ3) is 31.6. The molecule has 134 heavy (non-hydrogen) atoms. The number of rotatable bonds is 30. The van der Waals surface area contributed by atoms with Gasteiger partial charge in [0.05, 0.1) is 0 Å². The van der Waals surface area contributed by atoms with E-state index in [1.54, 1.807) is 0 Å². The summed E-state index contributed by atoms with van der Waals surface area (Å²) in [5.41, 5.74) is 20.5. The first-order valence-corrected chi connectivity index (χ1v) is 62.1. The van der Waals surface area contributed by atoms with Crippen LogP contribution in [0.2, 0.25) is 0 Å². The number of aryl methyl sites for hydroxylation is 10. The number of ether oxygens (including phenoxy) is 5. The summed E-state index contributed by atoms with van der Waals surface area (Å²) in [4.78, 5) is 0. The maximum Gasteiger partial charge on any atom is 0.131 e. The molecule has 0 spiro atoms. The van der Waals surface area contributed by atoms with Crippen LogP contribution in [0.4, 0.5) is 0 Å². The minimum Gasteiger partial charge on any atom is -0.488 e. The molecule has 0 heterocycles.